The maximum Gasteiger partial charge on any atom is 0.0938 e. The number of nitrogens with one attached hydrogen (secondary N) is 1. The fourth-order valence-electron chi connectivity index (χ4n) is 2.74. The van der Waals surface area contributed by atoms with E-state index in [-0.39, 0.29) is 0 Å². The number of aliphatic hydroxyl groups is 2. The van der Waals surface area contributed by atoms with Gasteiger partial charge in [-0.05, 0) is 37.1 Å². The van der Waals surface area contributed by atoms with E-state index < -0.39 is 12.2 Å². The molecule has 3 N–H and O–H groups in total. The third kappa shape index (κ3) is 5.04. The summed E-state index contributed by atoms with van der Waals surface area (Å²) >= 11 is 3.47. The summed E-state index contributed by atoms with van der Waals surface area (Å²) in [7, 11) is 0. The Labute approximate surface area is 135 Å². The minimum Gasteiger partial charge on any atom is -0.389 e. The van der Waals surface area contributed by atoms with Gasteiger partial charge in [-0.3, -0.25) is 4.90 Å². The number of β-amino-alcohol motifs (C(OH)–C–C–N with tert-alkyl or cyclic N) is 2. The zero-order valence-corrected chi connectivity index (χ0v) is 14.1. The Morgan fingerprint density at radius 3 is 2.43 bits per heavy atom. The molecule has 3 atom stereocenters. The number of halogens is 1. The first-order valence-corrected chi connectivity index (χ1v) is 8.46. The minimum atomic E-state index is -0.597. The predicted octanol–water partition coefficient (Wildman–Crippen LogP) is 1.92. The van der Waals surface area contributed by atoms with Crippen molar-refractivity contribution in [1.82, 2.24) is 10.2 Å². The van der Waals surface area contributed by atoms with Gasteiger partial charge in [-0.25, -0.2) is 0 Å². The van der Waals surface area contributed by atoms with Crippen LogP contribution in [0.25, 0.3) is 0 Å². The third-order valence-corrected chi connectivity index (χ3v) is 4.51. The molecule has 1 fully saturated rings. The van der Waals surface area contributed by atoms with Crippen LogP contribution in [0.1, 0.15) is 31.4 Å². The standard InChI is InChI=1S/C16H25BrN2O2/c1-2-8-18-14(12-3-5-13(17)6-4-12)7-9-19-10-15(20)16(21)11-19/h3-6,14-16,18,20-21H,2,7-11H2,1H3. The van der Waals surface area contributed by atoms with E-state index in [2.05, 4.69) is 57.3 Å². The van der Waals surface area contributed by atoms with Gasteiger partial charge in [0.1, 0.15) is 0 Å². The van der Waals surface area contributed by atoms with Gasteiger partial charge in [-0.2, -0.15) is 0 Å². The van der Waals surface area contributed by atoms with Crippen LogP contribution in [0.3, 0.4) is 0 Å². The van der Waals surface area contributed by atoms with Crippen LogP contribution < -0.4 is 5.32 Å². The number of rotatable bonds is 7. The fourth-order valence-corrected chi connectivity index (χ4v) is 3.01. The molecule has 2 rings (SSSR count). The van der Waals surface area contributed by atoms with Gasteiger partial charge in [-0.1, -0.05) is 35.0 Å². The Bertz CT molecular complexity index is 417. The lowest BCUT2D eigenvalue weighted by Crippen LogP contribution is -2.29. The highest BCUT2D eigenvalue weighted by Gasteiger charge is 2.29. The van der Waals surface area contributed by atoms with Gasteiger partial charge in [0.05, 0.1) is 12.2 Å². The van der Waals surface area contributed by atoms with Gasteiger partial charge in [0, 0.05) is 30.1 Å². The SMILES string of the molecule is CCCNC(CCN1CC(O)C(O)C1)c1ccc(Br)cc1. The third-order valence-electron chi connectivity index (χ3n) is 3.98. The highest BCUT2D eigenvalue weighted by Crippen LogP contribution is 2.21. The Morgan fingerprint density at radius 1 is 1.24 bits per heavy atom. The number of hydrogen-bond acceptors (Lipinski definition) is 4. The molecule has 21 heavy (non-hydrogen) atoms. The number of aliphatic hydroxyl groups excluding tert-OH is 2. The molecule has 1 aliphatic rings. The molecule has 1 aromatic rings. The molecule has 1 aromatic carbocycles. The molecule has 0 amide bonds. The van der Waals surface area contributed by atoms with E-state index in [1.54, 1.807) is 0 Å². The molecule has 0 spiro atoms. The van der Waals surface area contributed by atoms with Crippen molar-refractivity contribution in [3.8, 4) is 0 Å². The van der Waals surface area contributed by atoms with E-state index in [0.29, 0.717) is 19.1 Å². The Balaban J connectivity index is 1.92. The Morgan fingerprint density at radius 2 is 1.86 bits per heavy atom. The van der Waals surface area contributed by atoms with Crippen LogP contribution in [0.4, 0.5) is 0 Å². The summed E-state index contributed by atoms with van der Waals surface area (Å²) in [5.74, 6) is 0. The number of likely N-dealkylation sites (tertiary alicyclic amines) is 1. The van der Waals surface area contributed by atoms with E-state index in [4.69, 9.17) is 0 Å². The molecule has 1 heterocycles. The molecular weight excluding hydrogens is 332 g/mol. The van der Waals surface area contributed by atoms with Crippen molar-refractivity contribution in [3.05, 3.63) is 34.3 Å². The van der Waals surface area contributed by atoms with Crippen molar-refractivity contribution in [2.45, 2.75) is 38.0 Å². The molecule has 1 saturated heterocycles. The molecule has 0 radical (unpaired) electrons. The molecule has 4 nitrogen and oxygen atoms in total. The van der Waals surface area contributed by atoms with Crippen LogP contribution >= 0.6 is 15.9 Å². The van der Waals surface area contributed by atoms with Crippen LogP contribution in [-0.4, -0.2) is 53.5 Å². The second-order valence-electron chi connectivity index (χ2n) is 5.74. The van der Waals surface area contributed by atoms with Gasteiger partial charge in [0.15, 0.2) is 0 Å². The van der Waals surface area contributed by atoms with E-state index in [9.17, 15) is 10.2 Å². The molecule has 0 saturated carbocycles. The maximum atomic E-state index is 9.61. The fraction of sp³-hybridized carbons (Fsp3) is 0.625. The van der Waals surface area contributed by atoms with Crippen LogP contribution in [0.2, 0.25) is 0 Å². The predicted molar refractivity (Wildman–Crippen MR) is 88.2 cm³/mol. The van der Waals surface area contributed by atoms with Crippen LogP contribution in [0.5, 0.6) is 0 Å². The van der Waals surface area contributed by atoms with Gasteiger partial charge >= 0.3 is 0 Å². The minimum absolute atomic E-state index is 0.313. The quantitative estimate of drug-likeness (QED) is 0.698. The highest BCUT2D eigenvalue weighted by molar-refractivity contribution is 9.10. The molecule has 0 bridgehead atoms. The topological polar surface area (TPSA) is 55.7 Å². The number of benzene rings is 1. The first-order valence-electron chi connectivity index (χ1n) is 7.67. The summed E-state index contributed by atoms with van der Waals surface area (Å²) in [6.07, 6.45) is 0.884. The Hall–Kier alpha value is -0.460. The maximum absolute atomic E-state index is 9.61. The molecule has 118 valence electrons. The lowest BCUT2D eigenvalue weighted by atomic mass is 10.0. The molecule has 0 aromatic heterocycles. The highest BCUT2D eigenvalue weighted by atomic mass is 79.9. The summed E-state index contributed by atoms with van der Waals surface area (Å²) in [5, 5.41) is 22.8. The number of hydrogen-bond donors (Lipinski definition) is 3. The normalized spacial score (nSPS) is 24.4. The van der Waals surface area contributed by atoms with E-state index in [1.807, 2.05) is 0 Å². The average molecular weight is 357 g/mol. The summed E-state index contributed by atoms with van der Waals surface area (Å²) in [6, 6.07) is 8.74. The molecule has 0 aliphatic carbocycles. The lowest BCUT2D eigenvalue weighted by molar-refractivity contribution is 0.0572. The number of nitrogens with zero attached hydrogens (tertiary/aromatic N) is 1. The van der Waals surface area contributed by atoms with Gasteiger partial charge < -0.3 is 15.5 Å². The van der Waals surface area contributed by atoms with Gasteiger partial charge in [0.2, 0.25) is 0 Å². The van der Waals surface area contributed by atoms with E-state index >= 15 is 0 Å². The summed E-state index contributed by atoms with van der Waals surface area (Å²) in [5.41, 5.74) is 1.28. The van der Waals surface area contributed by atoms with Crippen LogP contribution in [0, 0.1) is 0 Å². The molecule has 5 heteroatoms. The largest absolute Gasteiger partial charge is 0.389 e. The van der Waals surface area contributed by atoms with Crippen molar-refractivity contribution in [1.29, 1.82) is 0 Å². The van der Waals surface area contributed by atoms with Crippen molar-refractivity contribution < 1.29 is 10.2 Å². The smallest absolute Gasteiger partial charge is 0.0938 e. The van der Waals surface area contributed by atoms with Crippen molar-refractivity contribution in [2.24, 2.45) is 0 Å². The van der Waals surface area contributed by atoms with E-state index in [1.165, 1.54) is 5.56 Å². The van der Waals surface area contributed by atoms with Crippen molar-refractivity contribution in [2.75, 3.05) is 26.2 Å². The van der Waals surface area contributed by atoms with Gasteiger partial charge in [0.25, 0.3) is 0 Å². The molecular formula is C16H25BrN2O2. The Kier molecular flexibility index (Phi) is 6.64. The first kappa shape index (κ1) is 16.9. The monoisotopic (exact) mass is 356 g/mol. The summed E-state index contributed by atoms with van der Waals surface area (Å²) < 4.78 is 1.09. The van der Waals surface area contributed by atoms with Gasteiger partial charge in [-0.15, -0.1) is 0 Å². The first-order chi connectivity index (χ1) is 10.1. The van der Waals surface area contributed by atoms with Crippen molar-refractivity contribution >= 4 is 15.9 Å². The van der Waals surface area contributed by atoms with Crippen LogP contribution in [-0.2, 0) is 0 Å². The van der Waals surface area contributed by atoms with Crippen LogP contribution in [0.15, 0.2) is 28.7 Å². The second-order valence-corrected chi connectivity index (χ2v) is 6.66. The average Bonchev–Trinajstić information content (AvgIpc) is 2.79. The molecule has 1 aliphatic heterocycles. The summed E-state index contributed by atoms with van der Waals surface area (Å²) in [4.78, 5) is 2.13. The van der Waals surface area contributed by atoms with Crippen molar-refractivity contribution in [3.63, 3.8) is 0 Å². The molecule has 3 unspecified atom stereocenters. The zero-order valence-electron chi connectivity index (χ0n) is 12.5. The lowest BCUT2D eigenvalue weighted by Gasteiger charge is -2.22. The second kappa shape index (κ2) is 8.25. The van der Waals surface area contributed by atoms with E-state index in [0.717, 1.165) is 30.4 Å². The summed E-state index contributed by atoms with van der Waals surface area (Å²) in [6.45, 7) is 5.18. The zero-order chi connectivity index (χ0) is 15.2.